The molecule has 0 bridgehead atoms. The van der Waals surface area contributed by atoms with Gasteiger partial charge in [-0.25, -0.2) is 0 Å². The van der Waals surface area contributed by atoms with Gasteiger partial charge in [0.1, 0.15) is 0 Å². The van der Waals surface area contributed by atoms with Crippen molar-refractivity contribution in [3.63, 3.8) is 0 Å². The van der Waals surface area contributed by atoms with E-state index in [1.165, 1.54) is 0 Å². The molecule has 3 atom stereocenters. The Morgan fingerprint density at radius 3 is 2.82 bits per heavy atom. The van der Waals surface area contributed by atoms with Gasteiger partial charge in [0, 0.05) is 12.5 Å². The minimum Gasteiger partial charge on any atom is -0.375 e. The molecule has 0 saturated carbocycles. The molecule has 0 amide bonds. The largest absolute Gasteiger partial charge is 0.375 e. The molecule has 64 valence electrons. The number of ether oxygens (including phenoxy) is 2. The average Bonchev–Trinajstić information content (AvgIpc) is 2.41. The Morgan fingerprint density at radius 1 is 1.27 bits per heavy atom. The summed E-state index contributed by atoms with van der Waals surface area (Å²) >= 11 is 0. The van der Waals surface area contributed by atoms with Crippen molar-refractivity contribution in [2.24, 2.45) is 11.8 Å². The van der Waals surface area contributed by atoms with E-state index in [0.29, 0.717) is 24.0 Å². The lowest BCUT2D eigenvalue weighted by molar-refractivity contribution is 0.0551. The van der Waals surface area contributed by atoms with E-state index in [0.717, 1.165) is 19.6 Å². The normalized spacial score (nSPS) is 43.4. The fourth-order valence-electron chi connectivity index (χ4n) is 2.07. The summed E-state index contributed by atoms with van der Waals surface area (Å²) in [6.07, 6.45) is 1.94. The van der Waals surface area contributed by atoms with Crippen LogP contribution < -0.4 is 0 Å². The molecular formula is C9H16O2. The summed E-state index contributed by atoms with van der Waals surface area (Å²) < 4.78 is 11.3. The van der Waals surface area contributed by atoms with Gasteiger partial charge in [-0.1, -0.05) is 13.8 Å². The lowest BCUT2D eigenvalue weighted by Gasteiger charge is -2.18. The van der Waals surface area contributed by atoms with E-state index in [1.54, 1.807) is 0 Å². The molecule has 0 spiro atoms. The van der Waals surface area contributed by atoms with Crippen LogP contribution in [0.5, 0.6) is 0 Å². The lowest BCUT2D eigenvalue weighted by Crippen LogP contribution is -2.26. The molecule has 2 saturated heterocycles. The fourth-order valence-corrected chi connectivity index (χ4v) is 2.07. The van der Waals surface area contributed by atoms with E-state index >= 15 is 0 Å². The Labute approximate surface area is 67.9 Å². The molecule has 0 N–H and O–H groups in total. The van der Waals surface area contributed by atoms with E-state index in [1.807, 2.05) is 0 Å². The predicted octanol–water partition coefficient (Wildman–Crippen LogP) is 1.45. The molecular weight excluding hydrogens is 140 g/mol. The highest BCUT2D eigenvalue weighted by Gasteiger charge is 2.42. The molecule has 2 aliphatic heterocycles. The van der Waals surface area contributed by atoms with E-state index in [4.69, 9.17) is 9.47 Å². The van der Waals surface area contributed by atoms with Crippen molar-refractivity contribution in [2.45, 2.75) is 32.5 Å². The zero-order valence-corrected chi connectivity index (χ0v) is 7.25. The summed E-state index contributed by atoms with van der Waals surface area (Å²) in [4.78, 5) is 0. The van der Waals surface area contributed by atoms with E-state index in [2.05, 4.69) is 13.8 Å². The van der Waals surface area contributed by atoms with Gasteiger partial charge in [-0.15, -0.1) is 0 Å². The summed E-state index contributed by atoms with van der Waals surface area (Å²) in [6, 6.07) is 0. The SMILES string of the molecule is CC(C)C1COC2CCOC21. The van der Waals surface area contributed by atoms with E-state index in [-0.39, 0.29) is 0 Å². The first kappa shape index (κ1) is 7.56. The van der Waals surface area contributed by atoms with Crippen LogP contribution in [0.15, 0.2) is 0 Å². The second-order valence-corrected chi connectivity index (χ2v) is 3.90. The minimum absolute atomic E-state index is 0.412. The molecule has 2 fully saturated rings. The van der Waals surface area contributed by atoms with Crippen LogP contribution in [0.3, 0.4) is 0 Å². The van der Waals surface area contributed by atoms with Gasteiger partial charge in [0.15, 0.2) is 0 Å². The second kappa shape index (κ2) is 2.76. The number of hydrogen-bond acceptors (Lipinski definition) is 2. The van der Waals surface area contributed by atoms with Crippen LogP contribution in [0.25, 0.3) is 0 Å². The van der Waals surface area contributed by atoms with Crippen LogP contribution in [-0.4, -0.2) is 25.4 Å². The Morgan fingerprint density at radius 2 is 2.09 bits per heavy atom. The molecule has 0 aromatic heterocycles. The summed E-state index contributed by atoms with van der Waals surface area (Å²) in [5.41, 5.74) is 0. The predicted molar refractivity (Wildman–Crippen MR) is 42.4 cm³/mol. The van der Waals surface area contributed by atoms with Crippen LogP contribution >= 0.6 is 0 Å². The van der Waals surface area contributed by atoms with Crippen molar-refractivity contribution >= 4 is 0 Å². The molecule has 0 aromatic carbocycles. The van der Waals surface area contributed by atoms with Gasteiger partial charge in [-0.05, 0) is 12.3 Å². The maximum absolute atomic E-state index is 5.63. The summed E-state index contributed by atoms with van der Waals surface area (Å²) in [5.74, 6) is 1.34. The van der Waals surface area contributed by atoms with E-state index < -0.39 is 0 Å². The Balaban J connectivity index is 2.03. The third-order valence-electron chi connectivity index (χ3n) is 2.86. The third kappa shape index (κ3) is 1.18. The topological polar surface area (TPSA) is 18.5 Å². The van der Waals surface area contributed by atoms with Crippen molar-refractivity contribution in [3.05, 3.63) is 0 Å². The lowest BCUT2D eigenvalue weighted by atomic mass is 9.91. The molecule has 2 heteroatoms. The van der Waals surface area contributed by atoms with Crippen molar-refractivity contribution in [1.29, 1.82) is 0 Å². The summed E-state index contributed by atoms with van der Waals surface area (Å²) in [6.45, 7) is 6.31. The molecule has 0 radical (unpaired) electrons. The first-order valence-electron chi connectivity index (χ1n) is 4.52. The number of fused-ring (bicyclic) bond motifs is 1. The van der Waals surface area contributed by atoms with Gasteiger partial charge in [0.2, 0.25) is 0 Å². The molecule has 0 aliphatic carbocycles. The van der Waals surface area contributed by atoms with Crippen LogP contribution in [0.4, 0.5) is 0 Å². The average molecular weight is 156 g/mol. The molecule has 2 aliphatic rings. The first-order valence-corrected chi connectivity index (χ1v) is 4.52. The number of hydrogen-bond donors (Lipinski definition) is 0. The monoisotopic (exact) mass is 156 g/mol. The maximum Gasteiger partial charge on any atom is 0.0890 e. The maximum atomic E-state index is 5.63. The fraction of sp³-hybridized carbons (Fsp3) is 1.00. The Kier molecular flexibility index (Phi) is 1.90. The Hall–Kier alpha value is -0.0800. The molecule has 2 heterocycles. The zero-order valence-electron chi connectivity index (χ0n) is 7.25. The standard InChI is InChI=1S/C9H16O2/c1-6(2)7-5-11-8-3-4-10-9(7)8/h6-9H,3-5H2,1-2H3. The van der Waals surface area contributed by atoms with Crippen LogP contribution in [0, 0.1) is 11.8 Å². The molecule has 3 unspecified atom stereocenters. The number of rotatable bonds is 1. The van der Waals surface area contributed by atoms with Crippen molar-refractivity contribution in [2.75, 3.05) is 13.2 Å². The molecule has 2 rings (SSSR count). The summed E-state index contributed by atoms with van der Waals surface area (Å²) in [5, 5.41) is 0. The highest BCUT2D eigenvalue weighted by molar-refractivity contribution is 4.89. The van der Waals surface area contributed by atoms with Gasteiger partial charge in [0.05, 0.1) is 18.8 Å². The van der Waals surface area contributed by atoms with Gasteiger partial charge in [-0.3, -0.25) is 0 Å². The molecule has 11 heavy (non-hydrogen) atoms. The minimum atomic E-state index is 0.412. The second-order valence-electron chi connectivity index (χ2n) is 3.90. The summed E-state index contributed by atoms with van der Waals surface area (Å²) in [7, 11) is 0. The van der Waals surface area contributed by atoms with Crippen molar-refractivity contribution in [1.82, 2.24) is 0 Å². The van der Waals surface area contributed by atoms with Gasteiger partial charge >= 0.3 is 0 Å². The van der Waals surface area contributed by atoms with Gasteiger partial charge in [0.25, 0.3) is 0 Å². The highest BCUT2D eigenvalue weighted by Crippen LogP contribution is 2.34. The highest BCUT2D eigenvalue weighted by atomic mass is 16.6. The van der Waals surface area contributed by atoms with Crippen LogP contribution in [0.1, 0.15) is 20.3 Å². The van der Waals surface area contributed by atoms with E-state index in [9.17, 15) is 0 Å². The van der Waals surface area contributed by atoms with Crippen molar-refractivity contribution in [3.8, 4) is 0 Å². The Bertz CT molecular complexity index is 144. The third-order valence-corrected chi connectivity index (χ3v) is 2.86. The molecule has 0 aromatic rings. The van der Waals surface area contributed by atoms with Crippen LogP contribution in [0.2, 0.25) is 0 Å². The molecule has 2 nitrogen and oxygen atoms in total. The van der Waals surface area contributed by atoms with Crippen LogP contribution in [-0.2, 0) is 9.47 Å². The van der Waals surface area contributed by atoms with Gasteiger partial charge < -0.3 is 9.47 Å². The van der Waals surface area contributed by atoms with Crippen molar-refractivity contribution < 1.29 is 9.47 Å². The van der Waals surface area contributed by atoms with Gasteiger partial charge in [-0.2, -0.15) is 0 Å². The smallest absolute Gasteiger partial charge is 0.0890 e. The first-order chi connectivity index (χ1) is 5.29. The zero-order chi connectivity index (χ0) is 7.84. The quantitative estimate of drug-likeness (QED) is 0.572.